The van der Waals surface area contributed by atoms with E-state index in [0.717, 1.165) is 5.56 Å². The fraction of sp³-hybridized carbons (Fsp3) is 0.160. The highest BCUT2D eigenvalue weighted by molar-refractivity contribution is 5.84. The fourth-order valence-corrected chi connectivity index (χ4v) is 4.12. The van der Waals surface area contributed by atoms with Gasteiger partial charge in [0, 0.05) is 30.8 Å². The van der Waals surface area contributed by atoms with E-state index in [1.54, 1.807) is 29.1 Å². The summed E-state index contributed by atoms with van der Waals surface area (Å²) in [4.78, 5) is 25.5. The third-order valence-electron chi connectivity index (χ3n) is 5.75. The second kappa shape index (κ2) is 9.32. The van der Waals surface area contributed by atoms with E-state index in [1.165, 1.54) is 29.2 Å². The number of aliphatic hydroxyl groups excluding tert-OH is 1. The van der Waals surface area contributed by atoms with E-state index >= 15 is 0 Å². The molecule has 0 saturated heterocycles. The summed E-state index contributed by atoms with van der Waals surface area (Å²) in [5, 5.41) is 32.0. The molecule has 2 atom stereocenters. The summed E-state index contributed by atoms with van der Waals surface area (Å²) in [5.41, 5.74) is 1.47. The van der Waals surface area contributed by atoms with Crippen LogP contribution in [0.4, 0.5) is 5.69 Å². The van der Waals surface area contributed by atoms with Gasteiger partial charge in [-0.1, -0.05) is 48.5 Å². The number of benzene rings is 2. The van der Waals surface area contributed by atoms with Gasteiger partial charge in [0.2, 0.25) is 11.9 Å². The minimum absolute atomic E-state index is 0.0397. The molecule has 0 aliphatic carbocycles. The number of pyridine rings is 1. The summed E-state index contributed by atoms with van der Waals surface area (Å²) in [5.74, 6) is -1.54. The molecule has 2 heterocycles. The Morgan fingerprint density at radius 1 is 1.03 bits per heavy atom. The van der Waals surface area contributed by atoms with Gasteiger partial charge in [-0.05, 0) is 17.5 Å². The summed E-state index contributed by atoms with van der Waals surface area (Å²) in [6.45, 7) is 0.205. The smallest absolute Gasteiger partial charge is 0.299 e. The van der Waals surface area contributed by atoms with Crippen LogP contribution < -0.4 is 4.57 Å². The normalized spacial score (nSPS) is 18.2. The Labute approximate surface area is 190 Å². The van der Waals surface area contributed by atoms with Gasteiger partial charge in [-0.3, -0.25) is 19.8 Å². The molecule has 3 aromatic rings. The largest absolute Gasteiger partial charge is 0.494 e. The van der Waals surface area contributed by atoms with Gasteiger partial charge in [-0.15, -0.1) is 0 Å². The molecule has 8 nitrogen and oxygen atoms in total. The second-order valence-electron chi connectivity index (χ2n) is 7.67. The van der Waals surface area contributed by atoms with Gasteiger partial charge in [0.15, 0.2) is 12.4 Å². The zero-order valence-electron chi connectivity index (χ0n) is 17.6. The predicted molar refractivity (Wildman–Crippen MR) is 119 cm³/mol. The van der Waals surface area contributed by atoms with Crippen LogP contribution in [0.3, 0.4) is 0 Å². The van der Waals surface area contributed by atoms with Crippen molar-refractivity contribution < 1.29 is 19.4 Å². The van der Waals surface area contributed by atoms with E-state index in [0.29, 0.717) is 12.0 Å². The number of aromatic nitrogens is 1. The molecular weight excluding hydrogens is 420 g/mol. The van der Waals surface area contributed by atoms with Crippen LogP contribution in [0.15, 0.2) is 96.6 Å². The Morgan fingerprint density at radius 2 is 1.67 bits per heavy atom. The van der Waals surface area contributed by atoms with Crippen molar-refractivity contribution in [2.75, 3.05) is 6.54 Å². The van der Waals surface area contributed by atoms with E-state index in [9.17, 15) is 25.3 Å². The minimum Gasteiger partial charge on any atom is -0.494 e. The van der Waals surface area contributed by atoms with Crippen molar-refractivity contribution >= 4 is 11.6 Å². The molecule has 0 saturated carbocycles. The van der Waals surface area contributed by atoms with E-state index in [4.69, 9.17) is 0 Å². The molecule has 0 radical (unpaired) electrons. The molecule has 164 valence electrons. The number of amides is 1. The molecule has 1 aliphatic heterocycles. The summed E-state index contributed by atoms with van der Waals surface area (Å²) in [7, 11) is 0. The lowest BCUT2D eigenvalue weighted by Gasteiger charge is -2.34. The highest BCUT2D eigenvalue weighted by atomic mass is 16.6. The monoisotopic (exact) mass is 441 g/mol. The third kappa shape index (κ3) is 4.29. The number of allylic oxidation sites excluding steroid dienone is 1. The number of carbonyl (C=O) groups is 1. The van der Waals surface area contributed by atoms with Crippen molar-refractivity contribution in [3.8, 4) is 6.07 Å². The first-order valence-electron chi connectivity index (χ1n) is 10.4. The maximum atomic E-state index is 13.7. The molecule has 0 bridgehead atoms. The van der Waals surface area contributed by atoms with Crippen LogP contribution in [-0.4, -0.2) is 27.4 Å². The van der Waals surface area contributed by atoms with Crippen molar-refractivity contribution in [1.82, 2.24) is 4.90 Å². The number of nitriles is 1. The van der Waals surface area contributed by atoms with Crippen molar-refractivity contribution in [3.63, 3.8) is 0 Å². The number of nitro groups is 1. The van der Waals surface area contributed by atoms with Crippen LogP contribution in [0.25, 0.3) is 0 Å². The zero-order chi connectivity index (χ0) is 23.4. The van der Waals surface area contributed by atoms with Gasteiger partial charge < -0.3 is 5.11 Å². The average molecular weight is 441 g/mol. The van der Waals surface area contributed by atoms with Gasteiger partial charge in [-0.2, -0.15) is 9.83 Å². The van der Waals surface area contributed by atoms with Crippen LogP contribution in [0.1, 0.15) is 23.1 Å². The first-order valence-corrected chi connectivity index (χ1v) is 10.4. The number of rotatable bonds is 6. The van der Waals surface area contributed by atoms with Gasteiger partial charge in [0.1, 0.15) is 11.6 Å². The number of nitro benzene ring substituents is 1. The number of nitrogens with zero attached hydrogens (tertiary/aromatic N) is 4. The lowest BCUT2D eigenvalue weighted by atomic mass is 9.81. The lowest BCUT2D eigenvalue weighted by Crippen LogP contribution is -2.55. The van der Waals surface area contributed by atoms with E-state index in [2.05, 4.69) is 6.07 Å². The molecular formula is C25H21N4O4+. The second-order valence-corrected chi connectivity index (χ2v) is 7.67. The molecule has 0 fully saturated rings. The van der Waals surface area contributed by atoms with E-state index in [-0.39, 0.29) is 29.6 Å². The molecule has 1 N–H and O–H groups in total. The molecule has 33 heavy (non-hydrogen) atoms. The average Bonchev–Trinajstić information content (AvgIpc) is 2.85. The Morgan fingerprint density at radius 3 is 2.27 bits per heavy atom. The fourth-order valence-electron chi connectivity index (χ4n) is 4.12. The third-order valence-corrected chi connectivity index (χ3v) is 5.75. The maximum absolute atomic E-state index is 13.7. The quantitative estimate of drug-likeness (QED) is 0.357. The molecule has 4 rings (SSSR count). The SMILES string of the molecule is N#CC1=C(O)N(CCc2ccccc2)C(=O)[C@@H]([n+]2ccccc2)[C@@H]1c1ccc([N+](=O)[O-])cc1. The van der Waals surface area contributed by atoms with Gasteiger partial charge in [-0.25, -0.2) is 0 Å². The van der Waals surface area contributed by atoms with Gasteiger partial charge in [0.25, 0.3) is 11.6 Å². The molecule has 1 aliphatic rings. The number of hydrogen-bond donors (Lipinski definition) is 1. The number of non-ortho nitro benzene ring substituents is 1. The highest BCUT2D eigenvalue weighted by Gasteiger charge is 2.49. The van der Waals surface area contributed by atoms with Crippen LogP contribution in [-0.2, 0) is 11.2 Å². The van der Waals surface area contributed by atoms with Crippen LogP contribution in [0.2, 0.25) is 0 Å². The topological polar surface area (TPSA) is 111 Å². The first kappa shape index (κ1) is 21.7. The number of carbonyl (C=O) groups excluding carboxylic acids is 1. The molecule has 1 aromatic heterocycles. The predicted octanol–water partition coefficient (Wildman–Crippen LogP) is 3.59. The van der Waals surface area contributed by atoms with Gasteiger partial charge in [0.05, 0.1) is 10.8 Å². The minimum atomic E-state index is -0.839. The van der Waals surface area contributed by atoms with Gasteiger partial charge >= 0.3 is 0 Å². The van der Waals surface area contributed by atoms with Crippen molar-refractivity contribution in [2.24, 2.45) is 0 Å². The molecule has 8 heteroatoms. The highest BCUT2D eigenvalue weighted by Crippen LogP contribution is 2.40. The summed E-state index contributed by atoms with van der Waals surface area (Å²) < 4.78 is 1.70. The zero-order valence-corrected chi connectivity index (χ0v) is 17.6. The molecule has 1 amide bonds. The lowest BCUT2D eigenvalue weighted by molar-refractivity contribution is -0.712. The van der Waals surface area contributed by atoms with Crippen molar-refractivity contribution in [2.45, 2.75) is 18.4 Å². The Kier molecular flexibility index (Phi) is 6.13. The van der Waals surface area contributed by atoms with Crippen LogP contribution in [0.5, 0.6) is 0 Å². The molecule has 0 unspecified atom stereocenters. The van der Waals surface area contributed by atoms with E-state index in [1.807, 2.05) is 36.4 Å². The Bertz CT molecular complexity index is 1230. The number of aliphatic hydroxyl groups is 1. The summed E-state index contributed by atoms with van der Waals surface area (Å²) in [6.07, 6.45) is 3.96. The summed E-state index contributed by atoms with van der Waals surface area (Å²) in [6, 6.07) is 21.9. The Hall–Kier alpha value is -4.51. The standard InChI is InChI=1S/C25H20N4O4/c26-17-21-22(19-9-11-20(12-10-19)29(32)33)23(27-14-5-2-6-15-27)25(31)28(24(21)30)16-13-18-7-3-1-4-8-18/h1-12,14-15,22-23H,13,16H2/p+1/t22-,23+/m1/s1. The number of hydrogen-bond acceptors (Lipinski definition) is 5. The van der Waals surface area contributed by atoms with Crippen LogP contribution in [0, 0.1) is 21.4 Å². The molecule has 0 spiro atoms. The van der Waals surface area contributed by atoms with Crippen LogP contribution >= 0.6 is 0 Å². The first-order chi connectivity index (χ1) is 16.0. The van der Waals surface area contributed by atoms with E-state index < -0.39 is 16.9 Å². The maximum Gasteiger partial charge on any atom is 0.299 e. The Balaban J connectivity index is 1.79. The molecule has 2 aromatic carbocycles. The summed E-state index contributed by atoms with van der Waals surface area (Å²) >= 11 is 0. The van der Waals surface area contributed by atoms with Crippen molar-refractivity contribution in [1.29, 1.82) is 5.26 Å². The van der Waals surface area contributed by atoms with Crippen molar-refractivity contribution in [3.05, 3.63) is 118 Å².